The van der Waals surface area contributed by atoms with Crippen molar-refractivity contribution in [3.05, 3.63) is 23.9 Å². The van der Waals surface area contributed by atoms with Gasteiger partial charge in [-0.3, -0.25) is 9.59 Å². The molecule has 2 rings (SSSR count). The molecule has 1 fully saturated rings. The van der Waals surface area contributed by atoms with Gasteiger partial charge in [-0.1, -0.05) is 0 Å². The highest BCUT2D eigenvalue weighted by Gasteiger charge is 2.20. The first-order valence-electron chi connectivity index (χ1n) is 6.78. The second-order valence-electron chi connectivity index (χ2n) is 5.12. The number of amides is 2. The topological polar surface area (TPSA) is 74.3 Å². The second kappa shape index (κ2) is 6.36. The smallest absolute Gasteiger partial charge is 0.255 e. The Hall–Kier alpha value is -2.11. The monoisotopic (exact) mass is 276 g/mol. The number of aromatic nitrogens is 1. The molecule has 108 valence electrons. The lowest BCUT2D eigenvalue weighted by molar-refractivity contribution is -0.120. The summed E-state index contributed by atoms with van der Waals surface area (Å²) in [7, 11) is 3.71. The van der Waals surface area contributed by atoms with Crippen molar-refractivity contribution in [1.82, 2.24) is 15.6 Å². The van der Waals surface area contributed by atoms with E-state index in [-0.39, 0.29) is 17.9 Å². The fraction of sp³-hybridized carbons (Fsp3) is 0.500. The van der Waals surface area contributed by atoms with E-state index in [0.717, 1.165) is 6.42 Å². The highest BCUT2D eigenvalue weighted by atomic mass is 16.2. The van der Waals surface area contributed by atoms with E-state index in [1.54, 1.807) is 18.3 Å². The van der Waals surface area contributed by atoms with Crippen molar-refractivity contribution >= 4 is 17.6 Å². The van der Waals surface area contributed by atoms with Crippen molar-refractivity contribution < 1.29 is 9.59 Å². The zero-order valence-electron chi connectivity index (χ0n) is 11.8. The summed E-state index contributed by atoms with van der Waals surface area (Å²) in [5.41, 5.74) is 0.557. The Labute approximate surface area is 118 Å². The molecule has 1 aromatic rings. The van der Waals surface area contributed by atoms with E-state index in [0.29, 0.717) is 30.8 Å². The molecule has 0 bridgehead atoms. The molecular weight excluding hydrogens is 256 g/mol. The maximum Gasteiger partial charge on any atom is 0.255 e. The number of rotatable bonds is 3. The molecule has 1 atom stereocenters. The van der Waals surface area contributed by atoms with Gasteiger partial charge in [-0.2, -0.15) is 0 Å². The molecule has 1 aromatic heterocycles. The number of pyridine rings is 1. The Kier molecular flexibility index (Phi) is 4.55. The lowest BCUT2D eigenvalue weighted by Crippen LogP contribution is -2.36. The lowest BCUT2D eigenvalue weighted by Gasteiger charge is -2.19. The van der Waals surface area contributed by atoms with Crippen LogP contribution in [0.4, 0.5) is 5.82 Å². The van der Waals surface area contributed by atoms with E-state index in [9.17, 15) is 9.59 Å². The van der Waals surface area contributed by atoms with Crippen LogP contribution in [0, 0.1) is 0 Å². The van der Waals surface area contributed by atoms with Crippen molar-refractivity contribution in [1.29, 1.82) is 0 Å². The number of nitrogens with one attached hydrogen (secondary N) is 2. The van der Waals surface area contributed by atoms with E-state index < -0.39 is 0 Å². The van der Waals surface area contributed by atoms with Crippen LogP contribution in [0.2, 0.25) is 0 Å². The Morgan fingerprint density at radius 3 is 3.00 bits per heavy atom. The van der Waals surface area contributed by atoms with Crippen LogP contribution < -0.4 is 15.5 Å². The molecule has 1 unspecified atom stereocenters. The molecule has 1 aliphatic heterocycles. The molecule has 0 saturated carbocycles. The zero-order valence-corrected chi connectivity index (χ0v) is 11.8. The predicted octanol–water partition coefficient (Wildman–Crippen LogP) is 0.546. The van der Waals surface area contributed by atoms with Gasteiger partial charge in [-0.25, -0.2) is 4.98 Å². The Balaban J connectivity index is 2.06. The van der Waals surface area contributed by atoms with Crippen LogP contribution in [0.25, 0.3) is 0 Å². The van der Waals surface area contributed by atoms with E-state index in [1.807, 2.05) is 19.0 Å². The minimum absolute atomic E-state index is 0.0247. The summed E-state index contributed by atoms with van der Waals surface area (Å²) >= 11 is 0. The molecule has 6 heteroatoms. The normalized spacial score (nSPS) is 18.9. The van der Waals surface area contributed by atoms with E-state index in [1.165, 1.54) is 0 Å². The molecular formula is C14H20N4O2. The van der Waals surface area contributed by atoms with Crippen LogP contribution in [-0.2, 0) is 4.79 Å². The van der Waals surface area contributed by atoms with Crippen LogP contribution in [0.5, 0.6) is 0 Å². The van der Waals surface area contributed by atoms with Gasteiger partial charge in [0.25, 0.3) is 5.91 Å². The van der Waals surface area contributed by atoms with Crippen molar-refractivity contribution in [3.63, 3.8) is 0 Å². The molecule has 0 radical (unpaired) electrons. The number of hydrogen-bond acceptors (Lipinski definition) is 4. The molecule has 0 spiro atoms. The maximum absolute atomic E-state index is 12.3. The van der Waals surface area contributed by atoms with Gasteiger partial charge in [0.1, 0.15) is 5.82 Å². The van der Waals surface area contributed by atoms with Crippen molar-refractivity contribution in [2.24, 2.45) is 0 Å². The van der Waals surface area contributed by atoms with Crippen LogP contribution >= 0.6 is 0 Å². The summed E-state index contributed by atoms with van der Waals surface area (Å²) in [5, 5.41) is 5.80. The SMILES string of the molecule is CN(C)c1ncccc1C(=O)NC1CCNC(=O)CC1. The number of carbonyl (C=O) groups is 2. The number of hydrogen-bond donors (Lipinski definition) is 2. The third-order valence-corrected chi connectivity index (χ3v) is 3.32. The van der Waals surface area contributed by atoms with Crippen LogP contribution in [0.15, 0.2) is 18.3 Å². The van der Waals surface area contributed by atoms with Gasteiger partial charge in [-0.15, -0.1) is 0 Å². The minimum Gasteiger partial charge on any atom is -0.362 e. The molecule has 2 heterocycles. The number of carbonyl (C=O) groups excluding carboxylic acids is 2. The van der Waals surface area contributed by atoms with Crippen molar-refractivity contribution in [2.75, 3.05) is 25.5 Å². The van der Waals surface area contributed by atoms with Gasteiger partial charge in [-0.05, 0) is 25.0 Å². The Bertz CT molecular complexity index is 502. The number of anilines is 1. The van der Waals surface area contributed by atoms with Gasteiger partial charge in [0.2, 0.25) is 5.91 Å². The summed E-state index contributed by atoms with van der Waals surface area (Å²) in [6.45, 7) is 0.608. The average Bonchev–Trinajstić information content (AvgIpc) is 2.63. The first kappa shape index (κ1) is 14.3. The molecule has 2 amide bonds. The highest BCUT2D eigenvalue weighted by molar-refractivity contribution is 5.99. The van der Waals surface area contributed by atoms with Crippen molar-refractivity contribution in [2.45, 2.75) is 25.3 Å². The Morgan fingerprint density at radius 2 is 2.25 bits per heavy atom. The summed E-state index contributed by atoms with van der Waals surface area (Å²) in [6, 6.07) is 3.54. The lowest BCUT2D eigenvalue weighted by atomic mass is 10.1. The van der Waals surface area contributed by atoms with Crippen molar-refractivity contribution in [3.8, 4) is 0 Å². The molecule has 1 aliphatic rings. The van der Waals surface area contributed by atoms with Gasteiger partial charge >= 0.3 is 0 Å². The largest absolute Gasteiger partial charge is 0.362 e. The Morgan fingerprint density at radius 1 is 1.45 bits per heavy atom. The van der Waals surface area contributed by atoms with E-state index in [4.69, 9.17) is 0 Å². The van der Waals surface area contributed by atoms with E-state index in [2.05, 4.69) is 15.6 Å². The molecule has 0 aromatic carbocycles. The molecule has 20 heavy (non-hydrogen) atoms. The fourth-order valence-electron chi connectivity index (χ4n) is 2.26. The zero-order chi connectivity index (χ0) is 14.5. The summed E-state index contributed by atoms with van der Waals surface area (Å²) in [5.74, 6) is 0.561. The maximum atomic E-state index is 12.3. The average molecular weight is 276 g/mol. The third-order valence-electron chi connectivity index (χ3n) is 3.32. The first-order chi connectivity index (χ1) is 9.58. The summed E-state index contributed by atoms with van der Waals surface area (Å²) < 4.78 is 0. The second-order valence-corrected chi connectivity index (χ2v) is 5.12. The third kappa shape index (κ3) is 3.46. The summed E-state index contributed by atoms with van der Waals surface area (Å²) in [4.78, 5) is 29.7. The van der Waals surface area contributed by atoms with E-state index >= 15 is 0 Å². The fourth-order valence-corrected chi connectivity index (χ4v) is 2.26. The van der Waals surface area contributed by atoms with Crippen LogP contribution in [-0.4, -0.2) is 43.5 Å². The standard InChI is InChI=1S/C14H20N4O2/c1-18(2)13-11(4-3-8-16-13)14(20)17-10-5-6-12(19)15-9-7-10/h3-4,8,10H,5-7,9H2,1-2H3,(H,15,19)(H,17,20). The van der Waals surface area contributed by atoms with Gasteiger partial charge in [0, 0.05) is 39.3 Å². The van der Waals surface area contributed by atoms with Crippen LogP contribution in [0.1, 0.15) is 29.6 Å². The predicted molar refractivity (Wildman–Crippen MR) is 76.7 cm³/mol. The molecule has 2 N–H and O–H groups in total. The molecule has 0 aliphatic carbocycles. The quantitative estimate of drug-likeness (QED) is 0.845. The molecule has 6 nitrogen and oxygen atoms in total. The van der Waals surface area contributed by atoms with Gasteiger partial charge in [0.15, 0.2) is 0 Å². The molecule has 1 saturated heterocycles. The van der Waals surface area contributed by atoms with Gasteiger partial charge < -0.3 is 15.5 Å². The first-order valence-corrected chi connectivity index (χ1v) is 6.78. The van der Waals surface area contributed by atoms with Gasteiger partial charge in [0.05, 0.1) is 5.56 Å². The highest BCUT2D eigenvalue weighted by Crippen LogP contribution is 2.15. The summed E-state index contributed by atoms with van der Waals surface area (Å²) in [6.07, 6.45) is 3.56. The minimum atomic E-state index is -0.138. The van der Waals surface area contributed by atoms with Crippen LogP contribution in [0.3, 0.4) is 0 Å². The number of nitrogens with zero attached hydrogens (tertiary/aromatic N) is 2.